The van der Waals surface area contributed by atoms with Crippen molar-refractivity contribution < 1.29 is 9.90 Å². The zero-order valence-corrected chi connectivity index (χ0v) is 14.4. The van der Waals surface area contributed by atoms with Gasteiger partial charge in [0.25, 0.3) is 0 Å². The van der Waals surface area contributed by atoms with Gasteiger partial charge in [-0.05, 0) is 29.4 Å². The maximum absolute atomic E-state index is 11.7. The van der Waals surface area contributed by atoms with Crippen LogP contribution in [0.3, 0.4) is 0 Å². The molecular weight excluding hydrogens is 340 g/mol. The van der Waals surface area contributed by atoms with Crippen LogP contribution in [-0.4, -0.2) is 21.0 Å². The Kier molecular flexibility index (Phi) is 4.45. The molecule has 6 heteroatoms. The van der Waals surface area contributed by atoms with E-state index in [0.29, 0.717) is 11.2 Å². The van der Waals surface area contributed by atoms with Crippen LogP contribution in [0.5, 0.6) is 0 Å². The van der Waals surface area contributed by atoms with Crippen molar-refractivity contribution in [1.29, 1.82) is 0 Å². The van der Waals surface area contributed by atoms with Crippen molar-refractivity contribution >= 4 is 17.0 Å². The minimum Gasteiger partial charge on any atom is -0.463 e. The van der Waals surface area contributed by atoms with Crippen molar-refractivity contribution in [3.8, 4) is 0 Å². The van der Waals surface area contributed by atoms with E-state index in [1.165, 1.54) is 0 Å². The van der Waals surface area contributed by atoms with Gasteiger partial charge >= 0.3 is 6.09 Å². The van der Waals surface area contributed by atoms with E-state index in [-0.39, 0.29) is 5.92 Å². The third kappa shape index (κ3) is 3.20. The van der Waals surface area contributed by atoms with Gasteiger partial charge in [0.2, 0.25) is 0 Å². The first kappa shape index (κ1) is 16.7. The highest BCUT2D eigenvalue weighted by atomic mass is 16.4. The SMILES string of the molecule is O=C(O)n1nc(C(C2=CNC=CC=C2)C2=CNC=CC=C2)c2ccccc21. The molecule has 0 bridgehead atoms. The van der Waals surface area contributed by atoms with Crippen LogP contribution in [0.25, 0.3) is 10.9 Å². The van der Waals surface area contributed by atoms with E-state index in [2.05, 4.69) is 15.7 Å². The van der Waals surface area contributed by atoms with E-state index in [1.807, 2.05) is 79.5 Å². The molecule has 0 amide bonds. The fourth-order valence-electron chi connectivity index (χ4n) is 3.26. The monoisotopic (exact) mass is 358 g/mol. The minimum absolute atomic E-state index is 0.247. The predicted octanol–water partition coefficient (Wildman–Crippen LogP) is 3.76. The minimum atomic E-state index is -1.11. The van der Waals surface area contributed by atoms with E-state index < -0.39 is 6.09 Å². The molecule has 1 aromatic heterocycles. The summed E-state index contributed by atoms with van der Waals surface area (Å²) in [5.41, 5.74) is 3.20. The summed E-state index contributed by atoms with van der Waals surface area (Å²) >= 11 is 0. The molecule has 2 aliphatic heterocycles. The maximum atomic E-state index is 11.7. The number of hydrogen-bond acceptors (Lipinski definition) is 4. The fraction of sp³-hybridized carbons (Fsp3) is 0.0476. The molecule has 0 unspecified atom stereocenters. The highest BCUT2D eigenvalue weighted by Gasteiger charge is 2.26. The number of benzene rings is 1. The normalized spacial score (nSPS) is 15.7. The number of hydrogen-bond donors (Lipinski definition) is 3. The Bertz CT molecular complexity index is 1030. The van der Waals surface area contributed by atoms with Crippen LogP contribution in [0.15, 0.2) is 96.7 Å². The van der Waals surface area contributed by atoms with E-state index in [9.17, 15) is 9.90 Å². The molecule has 134 valence electrons. The summed E-state index contributed by atoms with van der Waals surface area (Å²) in [6.45, 7) is 0. The average molecular weight is 358 g/mol. The van der Waals surface area contributed by atoms with Crippen LogP contribution in [0.1, 0.15) is 11.6 Å². The first-order valence-electron chi connectivity index (χ1n) is 8.55. The van der Waals surface area contributed by atoms with Crippen LogP contribution in [0, 0.1) is 0 Å². The van der Waals surface area contributed by atoms with Gasteiger partial charge in [0.15, 0.2) is 0 Å². The Morgan fingerprint density at radius 1 is 0.963 bits per heavy atom. The molecule has 27 heavy (non-hydrogen) atoms. The number of nitrogens with one attached hydrogen (secondary N) is 2. The predicted molar refractivity (Wildman–Crippen MR) is 105 cm³/mol. The molecule has 6 nitrogen and oxygen atoms in total. The summed E-state index contributed by atoms with van der Waals surface area (Å²) in [5.74, 6) is -0.247. The van der Waals surface area contributed by atoms with Gasteiger partial charge in [0, 0.05) is 30.2 Å². The standard InChI is InChI=1S/C21H18N4O2/c26-21(27)25-18-10-2-1-9-17(18)20(24-25)19(15-7-3-5-11-22-13-15)16-8-4-6-12-23-14-16/h1-14,19,22-23H,(H,26,27). The number of carboxylic acid groups (broad SMARTS) is 1. The van der Waals surface area contributed by atoms with Crippen LogP contribution in [0.2, 0.25) is 0 Å². The largest absolute Gasteiger partial charge is 0.463 e. The number of fused-ring (bicyclic) bond motifs is 1. The topological polar surface area (TPSA) is 79.2 Å². The van der Waals surface area contributed by atoms with E-state index in [1.54, 1.807) is 6.07 Å². The Balaban J connectivity index is 1.94. The smallest absolute Gasteiger partial charge is 0.432 e. The Morgan fingerprint density at radius 2 is 1.59 bits per heavy atom. The molecule has 0 saturated heterocycles. The summed E-state index contributed by atoms with van der Waals surface area (Å²) < 4.78 is 1.04. The van der Waals surface area contributed by atoms with Gasteiger partial charge in [0.05, 0.1) is 17.1 Å². The summed E-state index contributed by atoms with van der Waals surface area (Å²) in [5, 5.41) is 21.1. The first-order valence-corrected chi connectivity index (χ1v) is 8.55. The van der Waals surface area contributed by atoms with Gasteiger partial charge in [-0.2, -0.15) is 9.78 Å². The molecule has 2 aliphatic rings. The number of nitrogens with zero attached hydrogens (tertiary/aromatic N) is 2. The lowest BCUT2D eigenvalue weighted by Crippen LogP contribution is -2.13. The highest BCUT2D eigenvalue weighted by Crippen LogP contribution is 2.37. The molecule has 0 atom stereocenters. The van der Waals surface area contributed by atoms with Gasteiger partial charge in [-0.15, -0.1) is 0 Å². The van der Waals surface area contributed by atoms with Crippen molar-refractivity contribution in [2.45, 2.75) is 5.92 Å². The second-order valence-corrected chi connectivity index (χ2v) is 6.09. The summed E-state index contributed by atoms with van der Waals surface area (Å²) in [4.78, 5) is 11.7. The highest BCUT2D eigenvalue weighted by molar-refractivity contribution is 5.90. The number of allylic oxidation sites excluding steroid dienone is 8. The van der Waals surface area contributed by atoms with Crippen LogP contribution >= 0.6 is 0 Å². The third-order valence-electron chi connectivity index (χ3n) is 4.42. The second-order valence-electron chi connectivity index (χ2n) is 6.09. The van der Waals surface area contributed by atoms with Crippen molar-refractivity contribution in [3.63, 3.8) is 0 Å². The van der Waals surface area contributed by atoms with Crippen molar-refractivity contribution in [2.24, 2.45) is 0 Å². The molecule has 0 saturated carbocycles. The Labute approximate surface area is 156 Å². The number of carbonyl (C=O) groups is 1. The average Bonchev–Trinajstić information content (AvgIpc) is 2.88. The molecule has 0 aliphatic carbocycles. The van der Waals surface area contributed by atoms with Gasteiger partial charge < -0.3 is 15.7 Å². The second kappa shape index (κ2) is 7.21. The molecular formula is C21H18N4O2. The molecule has 0 spiro atoms. The molecule has 0 fully saturated rings. The van der Waals surface area contributed by atoms with E-state index >= 15 is 0 Å². The third-order valence-corrected chi connectivity index (χ3v) is 4.42. The maximum Gasteiger partial charge on any atom is 0.432 e. The van der Waals surface area contributed by atoms with E-state index in [4.69, 9.17) is 0 Å². The van der Waals surface area contributed by atoms with Crippen LogP contribution in [-0.2, 0) is 0 Å². The quantitative estimate of drug-likeness (QED) is 0.779. The summed E-state index contributed by atoms with van der Waals surface area (Å²) in [6, 6.07) is 7.38. The van der Waals surface area contributed by atoms with Crippen molar-refractivity contribution in [1.82, 2.24) is 20.4 Å². The first-order chi connectivity index (χ1) is 13.3. The molecule has 3 N–H and O–H groups in total. The lowest BCUT2D eigenvalue weighted by Gasteiger charge is -2.18. The zero-order valence-electron chi connectivity index (χ0n) is 14.4. The van der Waals surface area contributed by atoms with E-state index in [0.717, 1.165) is 21.2 Å². The van der Waals surface area contributed by atoms with Crippen molar-refractivity contribution in [3.05, 3.63) is 102 Å². The fourth-order valence-corrected chi connectivity index (χ4v) is 3.26. The lowest BCUT2D eigenvalue weighted by molar-refractivity contribution is 0.193. The number of aromatic nitrogens is 2. The van der Waals surface area contributed by atoms with Gasteiger partial charge in [-0.25, -0.2) is 4.79 Å². The number of rotatable bonds is 3. The van der Waals surface area contributed by atoms with Gasteiger partial charge in [0.1, 0.15) is 0 Å². The number of para-hydroxylation sites is 1. The molecule has 2 aromatic rings. The molecule has 3 heterocycles. The Morgan fingerprint density at radius 3 is 2.22 bits per heavy atom. The van der Waals surface area contributed by atoms with Crippen molar-refractivity contribution in [2.75, 3.05) is 0 Å². The molecule has 4 rings (SSSR count). The summed E-state index contributed by atoms with van der Waals surface area (Å²) in [7, 11) is 0. The van der Waals surface area contributed by atoms with Gasteiger partial charge in [-0.1, -0.05) is 42.5 Å². The zero-order chi connectivity index (χ0) is 18.6. The summed E-state index contributed by atoms with van der Waals surface area (Å²) in [6.07, 6.45) is 18.1. The molecule has 1 aromatic carbocycles. The van der Waals surface area contributed by atoms with Gasteiger partial charge in [-0.3, -0.25) is 0 Å². The van der Waals surface area contributed by atoms with Crippen LogP contribution in [0.4, 0.5) is 4.79 Å². The molecule has 0 radical (unpaired) electrons. The Hall–Kier alpha value is -3.80. The van der Waals surface area contributed by atoms with Crippen LogP contribution < -0.4 is 10.6 Å². The lowest BCUT2D eigenvalue weighted by atomic mass is 9.86.